The van der Waals surface area contributed by atoms with Gasteiger partial charge in [0.25, 0.3) is 0 Å². The Balaban J connectivity index is 1.63. The smallest absolute Gasteiger partial charge is 0.203 e. The summed E-state index contributed by atoms with van der Waals surface area (Å²) >= 11 is 7.66. The van der Waals surface area contributed by atoms with Crippen LogP contribution in [0.1, 0.15) is 5.56 Å². The molecule has 0 radical (unpaired) electrons. The number of nitrogens with zero attached hydrogens (tertiary/aromatic N) is 5. The average Bonchev–Trinajstić information content (AvgIpc) is 3.04. The molecular formula is C17H12ClN5S. The van der Waals surface area contributed by atoms with Crippen molar-refractivity contribution in [3.05, 3.63) is 71.4 Å². The first-order chi connectivity index (χ1) is 11.8. The molecular weight excluding hydrogens is 342 g/mol. The number of rotatable bonds is 4. The molecule has 0 saturated heterocycles. The first kappa shape index (κ1) is 15.1. The summed E-state index contributed by atoms with van der Waals surface area (Å²) in [5, 5.41) is 14.6. The van der Waals surface area contributed by atoms with Crippen LogP contribution in [0.4, 0.5) is 0 Å². The number of aromatic nitrogens is 5. The van der Waals surface area contributed by atoms with E-state index >= 15 is 0 Å². The summed E-state index contributed by atoms with van der Waals surface area (Å²) in [5.74, 6) is 1.43. The lowest BCUT2D eigenvalue weighted by molar-refractivity contribution is 0.857. The SMILES string of the molecule is Clc1cccc(CSc2ccc3nnc(-c4ccccn4)n3n2)c1. The Morgan fingerprint density at radius 1 is 1.00 bits per heavy atom. The van der Waals surface area contributed by atoms with E-state index in [1.807, 2.05) is 48.5 Å². The molecule has 4 rings (SSSR count). The fourth-order valence-corrected chi connectivity index (χ4v) is 3.30. The van der Waals surface area contributed by atoms with Crippen LogP contribution < -0.4 is 0 Å². The van der Waals surface area contributed by atoms with E-state index in [1.165, 1.54) is 0 Å². The van der Waals surface area contributed by atoms with Gasteiger partial charge in [-0.2, -0.15) is 9.61 Å². The van der Waals surface area contributed by atoms with Gasteiger partial charge in [0.1, 0.15) is 10.7 Å². The maximum Gasteiger partial charge on any atom is 0.203 e. The zero-order chi connectivity index (χ0) is 16.4. The Labute approximate surface area is 147 Å². The van der Waals surface area contributed by atoms with Gasteiger partial charge < -0.3 is 0 Å². The van der Waals surface area contributed by atoms with Crippen molar-refractivity contribution in [2.24, 2.45) is 0 Å². The summed E-state index contributed by atoms with van der Waals surface area (Å²) in [7, 11) is 0. The zero-order valence-electron chi connectivity index (χ0n) is 12.5. The van der Waals surface area contributed by atoms with Gasteiger partial charge in [-0.25, -0.2) is 0 Å². The van der Waals surface area contributed by atoms with Crippen LogP contribution in [0.3, 0.4) is 0 Å². The Morgan fingerprint density at radius 3 is 2.79 bits per heavy atom. The van der Waals surface area contributed by atoms with Gasteiger partial charge in [0.2, 0.25) is 5.82 Å². The zero-order valence-corrected chi connectivity index (χ0v) is 14.1. The molecule has 3 heterocycles. The van der Waals surface area contributed by atoms with E-state index in [0.717, 1.165) is 27.1 Å². The highest BCUT2D eigenvalue weighted by Gasteiger charge is 2.11. The number of hydrogen-bond donors (Lipinski definition) is 0. The molecule has 0 spiro atoms. The largest absolute Gasteiger partial charge is 0.253 e. The number of hydrogen-bond acceptors (Lipinski definition) is 5. The minimum absolute atomic E-state index is 0.635. The summed E-state index contributed by atoms with van der Waals surface area (Å²) in [6.45, 7) is 0. The molecule has 0 saturated carbocycles. The van der Waals surface area contributed by atoms with E-state index in [2.05, 4.69) is 26.3 Å². The number of halogens is 1. The van der Waals surface area contributed by atoms with E-state index in [4.69, 9.17) is 11.6 Å². The van der Waals surface area contributed by atoms with Gasteiger partial charge in [-0.05, 0) is 42.0 Å². The molecule has 0 fully saturated rings. The van der Waals surface area contributed by atoms with Gasteiger partial charge in [0.05, 0.1) is 0 Å². The Hall–Kier alpha value is -2.44. The number of benzene rings is 1. The Kier molecular flexibility index (Phi) is 4.15. The van der Waals surface area contributed by atoms with E-state index in [-0.39, 0.29) is 0 Å². The van der Waals surface area contributed by atoms with Gasteiger partial charge in [0, 0.05) is 17.0 Å². The maximum absolute atomic E-state index is 6.03. The third-order valence-electron chi connectivity index (χ3n) is 3.41. The summed E-state index contributed by atoms with van der Waals surface area (Å²) < 4.78 is 1.72. The van der Waals surface area contributed by atoms with Crippen LogP contribution in [0, 0.1) is 0 Å². The molecule has 0 atom stereocenters. The highest BCUT2D eigenvalue weighted by atomic mass is 35.5. The highest BCUT2D eigenvalue weighted by molar-refractivity contribution is 7.98. The van der Waals surface area contributed by atoms with E-state index in [9.17, 15) is 0 Å². The van der Waals surface area contributed by atoms with Crippen molar-refractivity contribution in [3.63, 3.8) is 0 Å². The highest BCUT2D eigenvalue weighted by Crippen LogP contribution is 2.23. The van der Waals surface area contributed by atoms with Crippen molar-refractivity contribution in [2.45, 2.75) is 10.8 Å². The predicted octanol–water partition coefficient (Wildman–Crippen LogP) is 4.13. The van der Waals surface area contributed by atoms with Crippen molar-refractivity contribution in [1.82, 2.24) is 24.8 Å². The summed E-state index contributed by atoms with van der Waals surface area (Å²) in [5.41, 5.74) is 2.60. The second-order valence-electron chi connectivity index (χ2n) is 5.10. The third-order valence-corrected chi connectivity index (χ3v) is 4.63. The molecule has 7 heteroatoms. The average molecular weight is 354 g/mol. The first-order valence-electron chi connectivity index (χ1n) is 7.31. The Bertz CT molecular complexity index is 987. The molecule has 0 amide bonds. The lowest BCUT2D eigenvalue weighted by Gasteiger charge is -2.03. The van der Waals surface area contributed by atoms with Crippen molar-refractivity contribution in [1.29, 1.82) is 0 Å². The van der Waals surface area contributed by atoms with Gasteiger partial charge in [-0.15, -0.1) is 10.2 Å². The van der Waals surface area contributed by atoms with Crippen molar-refractivity contribution < 1.29 is 0 Å². The molecule has 0 aliphatic heterocycles. The van der Waals surface area contributed by atoms with Gasteiger partial charge in [-0.1, -0.05) is 41.6 Å². The Morgan fingerprint density at radius 2 is 1.96 bits per heavy atom. The van der Waals surface area contributed by atoms with E-state index < -0.39 is 0 Å². The second-order valence-corrected chi connectivity index (χ2v) is 6.53. The van der Waals surface area contributed by atoms with E-state index in [1.54, 1.807) is 22.5 Å². The van der Waals surface area contributed by atoms with Crippen LogP contribution in [0.2, 0.25) is 5.02 Å². The minimum atomic E-state index is 0.635. The van der Waals surface area contributed by atoms with Gasteiger partial charge in [0.15, 0.2) is 5.65 Å². The van der Waals surface area contributed by atoms with Crippen LogP contribution >= 0.6 is 23.4 Å². The third kappa shape index (κ3) is 3.11. The van der Waals surface area contributed by atoms with Crippen LogP contribution in [0.15, 0.2) is 65.8 Å². The molecule has 118 valence electrons. The molecule has 3 aromatic heterocycles. The molecule has 0 aliphatic rings. The van der Waals surface area contributed by atoms with Crippen molar-refractivity contribution in [3.8, 4) is 11.5 Å². The molecule has 0 N–H and O–H groups in total. The number of pyridine rings is 1. The van der Waals surface area contributed by atoms with Gasteiger partial charge >= 0.3 is 0 Å². The summed E-state index contributed by atoms with van der Waals surface area (Å²) in [6, 6.07) is 17.4. The molecule has 0 bridgehead atoms. The quantitative estimate of drug-likeness (QED) is 0.516. The van der Waals surface area contributed by atoms with Crippen molar-refractivity contribution in [2.75, 3.05) is 0 Å². The van der Waals surface area contributed by atoms with Crippen molar-refractivity contribution >= 4 is 29.0 Å². The number of fused-ring (bicyclic) bond motifs is 1. The monoisotopic (exact) mass is 353 g/mol. The molecule has 4 aromatic rings. The molecule has 24 heavy (non-hydrogen) atoms. The van der Waals surface area contributed by atoms with Crippen LogP contribution in [0.25, 0.3) is 17.2 Å². The maximum atomic E-state index is 6.03. The predicted molar refractivity (Wildman–Crippen MR) is 95.0 cm³/mol. The summed E-state index contributed by atoms with van der Waals surface area (Å²) in [4.78, 5) is 4.32. The lowest BCUT2D eigenvalue weighted by atomic mass is 10.2. The molecule has 5 nitrogen and oxygen atoms in total. The lowest BCUT2D eigenvalue weighted by Crippen LogP contribution is -1.97. The number of thioether (sulfide) groups is 1. The van der Waals surface area contributed by atoms with Crippen LogP contribution in [0.5, 0.6) is 0 Å². The van der Waals surface area contributed by atoms with Crippen LogP contribution in [-0.4, -0.2) is 24.8 Å². The minimum Gasteiger partial charge on any atom is -0.253 e. The fraction of sp³-hybridized carbons (Fsp3) is 0.0588. The second kappa shape index (κ2) is 6.59. The molecule has 0 unspecified atom stereocenters. The fourth-order valence-electron chi connectivity index (χ4n) is 2.29. The first-order valence-corrected chi connectivity index (χ1v) is 8.67. The van der Waals surface area contributed by atoms with E-state index in [0.29, 0.717) is 11.5 Å². The topological polar surface area (TPSA) is 56.0 Å². The van der Waals surface area contributed by atoms with Gasteiger partial charge in [-0.3, -0.25) is 4.98 Å². The van der Waals surface area contributed by atoms with Crippen LogP contribution in [-0.2, 0) is 5.75 Å². The molecule has 0 aliphatic carbocycles. The normalized spacial score (nSPS) is 11.0. The summed E-state index contributed by atoms with van der Waals surface area (Å²) in [6.07, 6.45) is 1.73. The standard InChI is InChI=1S/C17H12ClN5S/c18-13-5-3-4-12(10-13)11-24-16-8-7-15-20-21-17(23(15)22-16)14-6-1-2-9-19-14/h1-10H,11H2. The molecule has 1 aromatic carbocycles.